The van der Waals surface area contributed by atoms with Crippen LogP contribution in [-0.2, 0) is 7.05 Å². The average molecular weight is 245 g/mol. The minimum atomic E-state index is -0.145. The third-order valence-corrected chi connectivity index (χ3v) is 3.07. The van der Waals surface area contributed by atoms with Gasteiger partial charge in [0.15, 0.2) is 0 Å². The zero-order chi connectivity index (χ0) is 12.0. The van der Waals surface area contributed by atoms with Gasteiger partial charge in [-0.05, 0) is 18.2 Å². The second kappa shape index (κ2) is 3.57. The Balaban J connectivity index is 2.60. The molecule has 2 aliphatic rings. The van der Waals surface area contributed by atoms with E-state index in [2.05, 4.69) is 4.98 Å². The summed E-state index contributed by atoms with van der Waals surface area (Å²) in [7, 11) is 1.90. The third-order valence-electron chi connectivity index (χ3n) is 2.86. The van der Waals surface area contributed by atoms with Gasteiger partial charge in [0, 0.05) is 18.1 Å². The number of aromatic nitrogens is 2. The van der Waals surface area contributed by atoms with Crippen LogP contribution in [-0.4, -0.2) is 9.55 Å². The van der Waals surface area contributed by atoms with E-state index in [1.165, 1.54) is 6.07 Å². The Kier molecular flexibility index (Phi) is 2.16. The first-order chi connectivity index (χ1) is 8.16. The monoisotopic (exact) mass is 244 g/mol. The molecule has 84 valence electrons. The van der Waals surface area contributed by atoms with Crippen molar-refractivity contribution in [2.45, 2.75) is 0 Å². The van der Waals surface area contributed by atoms with Crippen molar-refractivity contribution < 1.29 is 0 Å². The number of halogens is 1. The van der Waals surface area contributed by atoms with Crippen molar-refractivity contribution >= 4 is 22.6 Å². The van der Waals surface area contributed by atoms with Crippen LogP contribution in [0.25, 0.3) is 22.4 Å². The number of fused-ring (bicyclic) bond motifs is 2. The fourth-order valence-corrected chi connectivity index (χ4v) is 2.22. The molecule has 1 aliphatic carbocycles. The lowest BCUT2D eigenvalue weighted by molar-refractivity contribution is 0.944. The van der Waals surface area contributed by atoms with E-state index in [4.69, 9.17) is 11.6 Å². The fraction of sp³-hybridized carbons (Fsp3) is 0.0769. The molecule has 3 rings (SSSR count). The van der Waals surface area contributed by atoms with Gasteiger partial charge in [0.05, 0.1) is 16.7 Å². The van der Waals surface area contributed by atoms with E-state index >= 15 is 0 Å². The largest absolute Gasteiger partial charge is 0.341 e. The standard InChI is InChI=1S/C13H9ClN2O/c1-16-10-5-3-2-4-9(10)15-13-11(16)6-8(14)7-12(13)17/h2-7H,1H3. The van der Waals surface area contributed by atoms with Crippen LogP contribution in [0.15, 0.2) is 41.2 Å². The van der Waals surface area contributed by atoms with Crippen molar-refractivity contribution in [1.29, 1.82) is 0 Å². The van der Waals surface area contributed by atoms with Gasteiger partial charge in [-0.1, -0.05) is 23.7 Å². The molecular formula is C13H9ClN2O. The summed E-state index contributed by atoms with van der Waals surface area (Å²) in [4.78, 5) is 16.2. The minimum Gasteiger partial charge on any atom is -0.341 e. The second-order valence-electron chi connectivity index (χ2n) is 3.93. The van der Waals surface area contributed by atoms with E-state index in [0.29, 0.717) is 10.7 Å². The van der Waals surface area contributed by atoms with Crippen molar-refractivity contribution in [1.82, 2.24) is 9.55 Å². The van der Waals surface area contributed by atoms with Gasteiger partial charge in [-0.2, -0.15) is 0 Å². The van der Waals surface area contributed by atoms with Gasteiger partial charge < -0.3 is 4.57 Å². The Morgan fingerprint density at radius 1 is 1.24 bits per heavy atom. The zero-order valence-electron chi connectivity index (χ0n) is 9.14. The van der Waals surface area contributed by atoms with Gasteiger partial charge in [-0.3, -0.25) is 4.79 Å². The molecule has 0 fully saturated rings. The lowest BCUT2D eigenvalue weighted by atomic mass is 10.1. The number of aryl methyl sites for hydroxylation is 1. The first kappa shape index (κ1) is 10.3. The van der Waals surface area contributed by atoms with Crippen LogP contribution in [0.2, 0.25) is 5.02 Å². The molecule has 4 heteroatoms. The molecule has 1 heterocycles. The highest BCUT2D eigenvalue weighted by Crippen LogP contribution is 2.23. The highest BCUT2D eigenvalue weighted by atomic mass is 35.5. The van der Waals surface area contributed by atoms with E-state index < -0.39 is 0 Å². The molecule has 0 amide bonds. The Labute approximate surface area is 103 Å². The van der Waals surface area contributed by atoms with E-state index in [-0.39, 0.29) is 5.43 Å². The third kappa shape index (κ3) is 1.51. The topological polar surface area (TPSA) is 34.9 Å². The summed E-state index contributed by atoms with van der Waals surface area (Å²) in [5.41, 5.74) is 2.84. The fourth-order valence-electron chi connectivity index (χ4n) is 2.02. The van der Waals surface area contributed by atoms with Crippen LogP contribution in [0.3, 0.4) is 0 Å². The van der Waals surface area contributed by atoms with Gasteiger partial charge in [0.2, 0.25) is 5.43 Å². The molecule has 0 bridgehead atoms. The predicted molar refractivity (Wildman–Crippen MR) is 68.6 cm³/mol. The summed E-state index contributed by atoms with van der Waals surface area (Å²) in [6.45, 7) is 0. The minimum absolute atomic E-state index is 0.145. The quantitative estimate of drug-likeness (QED) is 0.570. The smallest absolute Gasteiger partial charge is 0.207 e. The van der Waals surface area contributed by atoms with Crippen LogP contribution in [0.5, 0.6) is 0 Å². The van der Waals surface area contributed by atoms with E-state index in [1.807, 2.05) is 35.9 Å². The molecule has 1 aromatic carbocycles. The van der Waals surface area contributed by atoms with Crippen molar-refractivity contribution in [3.8, 4) is 11.4 Å². The van der Waals surface area contributed by atoms with Crippen LogP contribution in [0.1, 0.15) is 0 Å². The molecule has 0 saturated carbocycles. The highest BCUT2D eigenvalue weighted by molar-refractivity contribution is 6.30. The van der Waals surface area contributed by atoms with Crippen molar-refractivity contribution in [2.75, 3.05) is 0 Å². The summed E-state index contributed by atoms with van der Waals surface area (Å²) >= 11 is 5.91. The average Bonchev–Trinajstić information content (AvgIpc) is 2.31. The molecule has 0 N–H and O–H groups in total. The number of hydrogen-bond acceptors (Lipinski definition) is 2. The molecule has 0 aromatic heterocycles. The molecule has 0 atom stereocenters. The number of benzene rings is 2. The molecule has 1 aliphatic heterocycles. The first-order valence-corrected chi connectivity index (χ1v) is 5.59. The predicted octanol–water partition coefficient (Wildman–Crippen LogP) is 2.69. The maximum Gasteiger partial charge on any atom is 0.207 e. The molecule has 0 unspecified atom stereocenters. The zero-order valence-corrected chi connectivity index (χ0v) is 9.90. The van der Waals surface area contributed by atoms with E-state index in [9.17, 15) is 4.79 Å². The Bertz CT molecular complexity index is 748. The molecule has 0 saturated heterocycles. The maximum absolute atomic E-state index is 11.8. The van der Waals surface area contributed by atoms with E-state index in [1.54, 1.807) is 6.07 Å². The highest BCUT2D eigenvalue weighted by Gasteiger charge is 2.13. The summed E-state index contributed by atoms with van der Waals surface area (Å²) in [6, 6.07) is 10.9. The van der Waals surface area contributed by atoms with Gasteiger partial charge in [0.25, 0.3) is 0 Å². The van der Waals surface area contributed by atoms with Crippen LogP contribution in [0, 0.1) is 0 Å². The van der Waals surface area contributed by atoms with Gasteiger partial charge in [-0.15, -0.1) is 0 Å². The summed E-state index contributed by atoms with van der Waals surface area (Å²) < 4.78 is 1.94. The Morgan fingerprint density at radius 2 is 2.00 bits per heavy atom. The number of nitrogens with zero attached hydrogens (tertiary/aromatic N) is 2. The molecular weight excluding hydrogens is 236 g/mol. The van der Waals surface area contributed by atoms with Gasteiger partial charge in [-0.25, -0.2) is 4.98 Å². The van der Waals surface area contributed by atoms with Crippen LogP contribution < -0.4 is 5.43 Å². The second-order valence-corrected chi connectivity index (χ2v) is 4.37. The number of hydrogen-bond donors (Lipinski definition) is 0. The van der Waals surface area contributed by atoms with Crippen molar-refractivity contribution in [3.05, 3.63) is 51.6 Å². The Morgan fingerprint density at radius 3 is 2.82 bits per heavy atom. The number of para-hydroxylation sites is 2. The van der Waals surface area contributed by atoms with Gasteiger partial charge in [0.1, 0.15) is 5.69 Å². The maximum atomic E-state index is 11.8. The lowest BCUT2D eigenvalue weighted by Crippen LogP contribution is -2.12. The first-order valence-electron chi connectivity index (χ1n) is 5.22. The Hall–Kier alpha value is -1.87. The van der Waals surface area contributed by atoms with Crippen LogP contribution >= 0.6 is 11.6 Å². The SMILES string of the molecule is Cn1c2cc(Cl)cc(=O)c-2nc2ccccc21. The van der Waals surface area contributed by atoms with E-state index in [0.717, 1.165) is 16.7 Å². The molecule has 0 radical (unpaired) electrons. The summed E-state index contributed by atoms with van der Waals surface area (Å²) in [6.07, 6.45) is 0. The lowest BCUT2D eigenvalue weighted by Gasteiger charge is -2.13. The molecule has 17 heavy (non-hydrogen) atoms. The molecule has 0 spiro atoms. The number of rotatable bonds is 0. The van der Waals surface area contributed by atoms with Gasteiger partial charge >= 0.3 is 0 Å². The van der Waals surface area contributed by atoms with Crippen molar-refractivity contribution in [2.24, 2.45) is 7.05 Å². The van der Waals surface area contributed by atoms with Crippen molar-refractivity contribution in [3.63, 3.8) is 0 Å². The molecule has 3 nitrogen and oxygen atoms in total. The summed E-state index contributed by atoms with van der Waals surface area (Å²) in [5.74, 6) is 0. The summed E-state index contributed by atoms with van der Waals surface area (Å²) in [5, 5.41) is 0.440. The normalized spacial score (nSPS) is 11.2. The molecule has 1 aromatic rings. The van der Waals surface area contributed by atoms with Crippen LogP contribution in [0.4, 0.5) is 0 Å².